The summed E-state index contributed by atoms with van der Waals surface area (Å²) in [6.45, 7) is 4.30. The van der Waals surface area contributed by atoms with Gasteiger partial charge >= 0.3 is 0 Å². The van der Waals surface area contributed by atoms with Gasteiger partial charge in [0.05, 0.1) is 10.9 Å². The van der Waals surface area contributed by atoms with Gasteiger partial charge in [0.1, 0.15) is 11.6 Å². The van der Waals surface area contributed by atoms with Gasteiger partial charge in [-0.25, -0.2) is 12.8 Å². The zero-order chi connectivity index (χ0) is 15.6. The van der Waals surface area contributed by atoms with E-state index < -0.39 is 32.6 Å². The van der Waals surface area contributed by atoms with Gasteiger partial charge in [0.2, 0.25) is 5.91 Å². The van der Waals surface area contributed by atoms with E-state index in [9.17, 15) is 17.6 Å². The van der Waals surface area contributed by atoms with E-state index in [2.05, 4.69) is 10.6 Å². The summed E-state index contributed by atoms with van der Waals surface area (Å²) in [6.07, 6.45) is 0.551. The Morgan fingerprint density at radius 2 is 2.14 bits per heavy atom. The third-order valence-corrected chi connectivity index (χ3v) is 5.63. The highest BCUT2D eigenvalue weighted by atomic mass is 32.2. The predicted octanol–water partition coefficient (Wildman–Crippen LogP) is 1.23. The average molecular weight is 314 g/mol. The Morgan fingerprint density at radius 3 is 2.81 bits per heavy atom. The number of hydrogen-bond acceptors (Lipinski definition) is 4. The van der Waals surface area contributed by atoms with Gasteiger partial charge in [0.25, 0.3) is 0 Å². The summed E-state index contributed by atoms with van der Waals surface area (Å²) in [4.78, 5) is 11.8. The van der Waals surface area contributed by atoms with Crippen LogP contribution in [0.1, 0.15) is 25.0 Å². The number of fused-ring (bicyclic) bond motifs is 1. The highest BCUT2D eigenvalue weighted by Gasteiger charge is 2.22. The maximum atomic E-state index is 14.3. The predicted molar refractivity (Wildman–Crippen MR) is 79.4 cm³/mol. The van der Waals surface area contributed by atoms with Crippen molar-refractivity contribution in [3.8, 4) is 0 Å². The first-order valence-corrected chi connectivity index (χ1v) is 8.55. The van der Waals surface area contributed by atoms with Gasteiger partial charge in [-0.1, -0.05) is 6.07 Å². The van der Waals surface area contributed by atoms with E-state index in [4.69, 9.17) is 0 Å². The van der Waals surface area contributed by atoms with Crippen molar-refractivity contribution in [2.75, 3.05) is 17.6 Å². The second-order valence-electron chi connectivity index (χ2n) is 5.40. The molecule has 7 heteroatoms. The summed E-state index contributed by atoms with van der Waals surface area (Å²) in [7, 11) is -3.49. The standard InChI is InChI=1S/C14H19FN2O3S/c1-9(2)21(19,20)8-13(18)17-12-4-3-10-7-16-6-5-11(10)14(12)15/h3-4,9,16H,5-8H2,1-2H3,(H,17,18). The molecule has 0 saturated carbocycles. The molecule has 0 spiro atoms. The molecule has 0 aliphatic carbocycles. The Hall–Kier alpha value is -1.47. The SMILES string of the molecule is CC(C)S(=O)(=O)CC(=O)Nc1ccc2c(c1F)CCNC2. The van der Waals surface area contributed by atoms with Crippen molar-refractivity contribution >= 4 is 21.4 Å². The molecule has 0 fully saturated rings. The molecule has 2 rings (SSSR count). The van der Waals surface area contributed by atoms with Gasteiger partial charge in [0.15, 0.2) is 9.84 Å². The zero-order valence-corrected chi connectivity index (χ0v) is 12.9. The lowest BCUT2D eigenvalue weighted by Gasteiger charge is -2.19. The molecule has 1 aliphatic heterocycles. The molecule has 1 heterocycles. The molecule has 0 unspecified atom stereocenters. The highest BCUT2D eigenvalue weighted by Crippen LogP contribution is 2.24. The molecule has 116 valence electrons. The van der Waals surface area contributed by atoms with Crippen LogP contribution in [0.4, 0.5) is 10.1 Å². The average Bonchev–Trinajstić information content (AvgIpc) is 2.41. The third kappa shape index (κ3) is 3.59. The van der Waals surface area contributed by atoms with Crippen LogP contribution in [0.25, 0.3) is 0 Å². The Kier molecular flexibility index (Phi) is 4.63. The van der Waals surface area contributed by atoms with Crippen LogP contribution < -0.4 is 10.6 Å². The number of halogens is 1. The van der Waals surface area contributed by atoms with E-state index in [1.165, 1.54) is 19.9 Å². The molecule has 1 amide bonds. The number of hydrogen-bond donors (Lipinski definition) is 2. The summed E-state index contributed by atoms with van der Waals surface area (Å²) in [5.41, 5.74) is 1.49. The molecule has 5 nitrogen and oxygen atoms in total. The number of rotatable bonds is 4. The van der Waals surface area contributed by atoms with Gasteiger partial charge in [0, 0.05) is 6.54 Å². The fourth-order valence-corrected chi connectivity index (χ4v) is 2.94. The molecule has 0 radical (unpaired) electrons. The van der Waals surface area contributed by atoms with Gasteiger partial charge < -0.3 is 10.6 Å². The fourth-order valence-electron chi connectivity index (χ4n) is 2.17. The molecule has 2 N–H and O–H groups in total. The molecule has 21 heavy (non-hydrogen) atoms. The normalized spacial score (nSPS) is 14.9. The molecule has 1 aliphatic rings. The van der Waals surface area contributed by atoms with Gasteiger partial charge in [-0.15, -0.1) is 0 Å². The maximum absolute atomic E-state index is 14.3. The van der Waals surface area contributed by atoms with Gasteiger partial charge in [-0.2, -0.15) is 0 Å². The minimum absolute atomic E-state index is 0.0413. The van der Waals surface area contributed by atoms with Crippen molar-refractivity contribution in [3.63, 3.8) is 0 Å². The lowest BCUT2D eigenvalue weighted by atomic mass is 9.99. The second-order valence-corrected chi connectivity index (χ2v) is 7.95. The first-order valence-electron chi connectivity index (χ1n) is 6.83. The van der Waals surface area contributed by atoms with Crippen LogP contribution in [0.3, 0.4) is 0 Å². The second kappa shape index (κ2) is 6.11. The van der Waals surface area contributed by atoms with Gasteiger partial charge in [-0.3, -0.25) is 4.79 Å². The molecule has 0 aromatic heterocycles. The van der Waals surface area contributed by atoms with Crippen LogP contribution in [-0.4, -0.2) is 31.9 Å². The Balaban J connectivity index is 2.15. The Bertz CT molecular complexity index is 656. The number of amides is 1. The van der Waals surface area contributed by atoms with Crippen LogP contribution in [0.5, 0.6) is 0 Å². The lowest BCUT2D eigenvalue weighted by molar-refractivity contribution is -0.113. The first kappa shape index (κ1) is 15.9. The number of benzene rings is 1. The number of carbonyl (C=O) groups excluding carboxylic acids is 1. The number of carbonyl (C=O) groups is 1. The number of sulfone groups is 1. The van der Waals surface area contributed by atoms with E-state index in [0.29, 0.717) is 25.1 Å². The summed E-state index contributed by atoms with van der Waals surface area (Å²) in [5.74, 6) is -1.82. The smallest absolute Gasteiger partial charge is 0.239 e. The van der Waals surface area contributed by atoms with Crippen molar-refractivity contribution in [2.24, 2.45) is 0 Å². The lowest BCUT2D eigenvalue weighted by Crippen LogP contribution is -2.29. The van der Waals surface area contributed by atoms with Crippen LogP contribution in [-0.2, 0) is 27.6 Å². The number of anilines is 1. The monoisotopic (exact) mass is 314 g/mol. The Labute approximate surface area is 123 Å². The topological polar surface area (TPSA) is 75.3 Å². The third-order valence-electron chi connectivity index (χ3n) is 3.53. The number of nitrogens with one attached hydrogen (secondary N) is 2. The largest absolute Gasteiger partial charge is 0.323 e. The molecule has 1 aromatic rings. The van der Waals surface area contributed by atoms with E-state index in [-0.39, 0.29) is 5.69 Å². The summed E-state index contributed by atoms with van der Waals surface area (Å²) in [6, 6.07) is 3.22. The van der Waals surface area contributed by atoms with Crippen LogP contribution >= 0.6 is 0 Å². The summed E-state index contributed by atoms with van der Waals surface area (Å²) in [5, 5.41) is 4.86. The van der Waals surface area contributed by atoms with Crippen molar-refractivity contribution in [3.05, 3.63) is 29.1 Å². The highest BCUT2D eigenvalue weighted by molar-refractivity contribution is 7.92. The van der Waals surface area contributed by atoms with Crippen molar-refractivity contribution in [1.29, 1.82) is 0 Å². The molecular formula is C14H19FN2O3S. The van der Waals surface area contributed by atoms with E-state index in [1.54, 1.807) is 6.07 Å². The molecule has 0 saturated heterocycles. The zero-order valence-electron chi connectivity index (χ0n) is 12.1. The minimum Gasteiger partial charge on any atom is -0.323 e. The summed E-state index contributed by atoms with van der Waals surface area (Å²) < 4.78 is 37.7. The summed E-state index contributed by atoms with van der Waals surface area (Å²) >= 11 is 0. The fraction of sp³-hybridized carbons (Fsp3) is 0.500. The van der Waals surface area contributed by atoms with Crippen LogP contribution in [0, 0.1) is 5.82 Å². The first-order chi connectivity index (χ1) is 9.81. The molecule has 1 aromatic carbocycles. The van der Waals surface area contributed by atoms with Crippen molar-refractivity contribution in [1.82, 2.24) is 5.32 Å². The van der Waals surface area contributed by atoms with Crippen LogP contribution in [0.15, 0.2) is 12.1 Å². The Morgan fingerprint density at radius 1 is 1.43 bits per heavy atom. The van der Waals surface area contributed by atoms with Crippen LogP contribution in [0.2, 0.25) is 0 Å². The van der Waals surface area contributed by atoms with E-state index >= 15 is 0 Å². The van der Waals surface area contributed by atoms with Crippen molar-refractivity contribution < 1.29 is 17.6 Å². The maximum Gasteiger partial charge on any atom is 0.239 e. The molecule has 0 bridgehead atoms. The van der Waals surface area contributed by atoms with E-state index in [0.717, 1.165) is 5.56 Å². The minimum atomic E-state index is -3.49. The van der Waals surface area contributed by atoms with Crippen molar-refractivity contribution in [2.45, 2.75) is 32.1 Å². The molecular weight excluding hydrogens is 295 g/mol. The van der Waals surface area contributed by atoms with E-state index in [1.807, 2.05) is 0 Å². The quantitative estimate of drug-likeness (QED) is 0.876. The van der Waals surface area contributed by atoms with Gasteiger partial charge in [-0.05, 0) is 44.0 Å². The molecule has 0 atom stereocenters.